The second kappa shape index (κ2) is 11.3. The standard InChI is InChI=1S/C18H27FN4O2.HI/c1-13-6-7-14(9-16(13)19)10-20-18(22-12-17(24)23(2)3)21-11-15-5-4-8-25-15;/h6-7,9,15H,4-5,8,10-12H2,1-3H3,(H2,20,21,22);1H. The number of benzene rings is 1. The SMILES string of the molecule is Cc1ccc(CN=C(NCC(=O)N(C)C)NCC2CCCO2)cc1F.I. The second-order valence-electron chi connectivity index (χ2n) is 6.41. The van der Waals surface area contributed by atoms with Gasteiger partial charge in [0.05, 0.1) is 19.2 Å². The number of hydrogen-bond acceptors (Lipinski definition) is 3. The molecule has 6 nitrogen and oxygen atoms in total. The summed E-state index contributed by atoms with van der Waals surface area (Å²) < 4.78 is 19.2. The van der Waals surface area contributed by atoms with E-state index >= 15 is 0 Å². The predicted octanol–water partition coefficient (Wildman–Crippen LogP) is 2.05. The summed E-state index contributed by atoms with van der Waals surface area (Å²) in [4.78, 5) is 17.7. The number of halogens is 2. The Labute approximate surface area is 171 Å². The van der Waals surface area contributed by atoms with Gasteiger partial charge >= 0.3 is 0 Å². The maximum Gasteiger partial charge on any atom is 0.241 e. The molecule has 2 rings (SSSR count). The van der Waals surface area contributed by atoms with Gasteiger partial charge in [-0.05, 0) is 37.0 Å². The molecule has 1 saturated heterocycles. The van der Waals surface area contributed by atoms with Crippen LogP contribution in [0.5, 0.6) is 0 Å². The fourth-order valence-corrected chi connectivity index (χ4v) is 2.41. The third kappa shape index (κ3) is 7.45. The lowest BCUT2D eigenvalue weighted by Crippen LogP contribution is -2.45. The summed E-state index contributed by atoms with van der Waals surface area (Å²) in [6, 6.07) is 5.08. The predicted molar refractivity (Wildman–Crippen MR) is 111 cm³/mol. The molecule has 1 aliphatic rings. The Morgan fingerprint density at radius 1 is 1.38 bits per heavy atom. The zero-order valence-electron chi connectivity index (χ0n) is 15.5. The molecule has 1 amide bonds. The molecule has 1 aromatic rings. The number of amides is 1. The van der Waals surface area contributed by atoms with Crippen molar-refractivity contribution in [3.8, 4) is 0 Å². The summed E-state index contributed by atoms with van der Waals surface area (Å²) in [5, 5.41) is 6.22. The largest absolute Gasteiger partial charge is 0.376 e. The molecule has 0 saturated carbocycles. The van der Waals surface area contributed by atoms with Crippen LogP contribution in [0.3, 0.4) is 0 Å². The normalized spacial score (nSPS) is 16.8. The van der Waals surface area contributed by atoms with Gasteiger partial charge in [-0.3, -0.25) is 4.79 Å². The quantitative estimate of drug-likeness (QED) is 0.373. The summed E-state index contributed by atoms with van der Waals surface area (Å²) in [5.41, 5.74) is 1.39. The number of ether oxygens (including phenoxy) is 1. The number of carbonyl (C=O) groups is 1. The lowest BCUT2D eigenvalue weighted by Gasteiger charge is -2.17. The molecule has 1 heterocycles. The highest BCUT2D eigenvalue weighted by atomic mass is 127. The van der Waals surface area contributed by atoms with Crippen molar-refractivity contribution in [2.24, 2.45) is 4.99 Å². The van der Waals surface area contributed by atoms with Crippen molar-refractivity contribution in [2.75, 3.05) is 33.8 Å². The maximum atomic E-state index is 13.7. The highest BCUT2D eigenvalue weighted by molar-refractivity contribution is 14.0. The number of likely N-dealkylation sites (N-methyl/N-ethyl adjacent to an activating group) is 1. The van der Waals surface area contributed by atoms with Crippen molar-refractivity contribution in [3.05, 3.63) is 35.1 Å². The van der Waals surface area contributed by atoms with Gasteiger partial charge in [0.2, 0.25) is 5.91 Å². The molecule has 1 aliphatic heterocycles. The molecule has 0 bridgehead atoms. The average Bonchev–Trinajstić information content (AvgIpc) is 3.10. The Balaban J connectivity index is 0.00000338. The fraction of sp³-hybridized carbons (Fsp3) is 0.556. The monoisotopic (exact) mass is 478 g/mol. The molecule has 1 fully saturated rings. The van der Waals surface area contributed by atoms with E-state index in [2.05, 4.69) is 15.6 Å². The third-order valence-corrected chi connectivity index (χ3v) is 4.08. The Kier molecular flexibility index (Phi) is 9.85. The summed E-state index contributed by atoms with van der Waals surface area (Å²) in [6.45, 7) is 3.62. The van der Waals surface area contributed by atoms with Crippen molar-refractivity contribution < 1.29 is 13.9 Å². The van der Waals surface area contributed by atoms with E-state index in [-0.39, 0.29) is 48.3 Å². The topological polar surface area (TPSA) is 66.0 Å². The van der Waals surface area contributed by atoms with Gasteiger partial charge in [-0.1, -0.05) is 12.1 Å². The Morgan fingerprint density at radius 3 is 2.77 bits per heavy atom. The van der Waals surface area contributed by atoms with Crippen LogP contribution < -0.4 is 10.6 Å². The van der Waals surface area contributed by atoms with Crippen LogP contribution in [0.1, 0.15) is 24.0 Å². The van der Waals surface area contributed by atoms with Crippen molar-refractivity contribution in [1.82, 2.24) is 15.5 Å². The minimum Gasteiger partial charge on any atom is -0.376 e. The number of rotatable bonds is 6. The van der Waals surface area contributed by atoms with Gasteiger partial charge in [-0.15, -0.1) is 24.0 Å². The van der Waals surface area contributed by atoms with Crippen LogP contribution in [0.15, 0.2) is 23.2 Å². The van der Waals surface area contributed by atoms with Gasteiger partial charge in [-0.2, -0.15) is 0 Å². The summed E-state index contributed by atoms with van der Waals surface area (Å²) in [6.07, 6.45) is 2.24. The molecule has 0 aromatic heterocycles. The summed E-state index contributed by atoms with van der Waals surface area (Å²) >= 11 is 0. The minimum atomic E-state index is -0.239. The van der Waals surface area contributed by atoms with Crippen LogP contribution in [0.25, 0.3) is 0 Å². The molecule has 8 heteroatoms. The number of aliphatic imine (C=N–C) groups is 1. The van der Waals surface area contributed by atoms with E-state index in [1.807, 2.05) is 6.07 Å². The van der Waals surface area contributed by atoms with E-state index in [0.717, 1.165) is 25.0 Å². The van der Waals surface area contributed by atoms with Gasteiger partial charge in [0.1, 0.15) is 5.82 Å². The number of aryl methyl sites for hydroxylation is 1. The van der Waals surface area contributed by atoms with E-state index < -0.39 is 0 Å². The van der Waals surface area contributed by atoms with Gasteiger partial charge in [-0.25, -0.2) is 9.38 Å². The highest BCUT2D eigenvalue weighted by Gasteiger charge is 2.16. The van der Waals surface area contributed by atoms with Crippen LogP contribution in [0.2, 0.25) is 0 Å². The van der Waals surface area contributed by atoms with Crippen molar-refractivity contribution in [1.29, 1.82) is 0 Å². The first-order valence-electron chi connectivity index (χ1n) is 8.54. The number of nitrogens with one attached hydrogen (secondary N) is 2. The van der Waals surface area contributed by atoms with Crippen molar-refractivity contribution in [2.45, 2.75) is 32.4 Å². The molecule has 146 valence electrons. The van der Waals surface area contributed by atoms with E-state index in [1.165, 1.54) is 11.0 Å². The van der Waals surface area contributed by atoms with Crippen molar-refractivity contribution >= 4 is 35.8 Å². The summed E-state index contributed by atoms with van der Waals surface area (Å²) in [7, 11) is 3.41. The van der Waals surface area contributed by atoms with Crippen LogP contribution in [0, 0.1) is 12.7 Å². The molecular weight excluding hydrogens is 450 g/mol. The number of carbonyl (C=O) groups excluding carboxylic acids is 1. The lowest BCUT2D eigenvalue weighted by atomic mass is 10.1. The first-order valence-corrected chi connectivity index (χ1v) is 8.54. The van der Waals surface area contributed by atoms with Crippen LogP contribution in [0.4, 0.5) is 4.39 Å². The zero-order valence-corrected chi connectivity index (χ0v) is 17.9. The van der Waals surface area contributed by atoms with Gasteiger partial charge in [0.15, 0.2) is 5.96 Å². The summed E-state index contributed by atoms with van der Waals surface area (Å²) in [5.74, 6) is 0.233. The van der Waals surface area contributed by atoms with E-state index in [0.29, 0.717) is 24.6 Å². The highest BCUT2D eigenvalue weighted by Crippen LogP contribution is 2.11. The first-order chi connectivity index (χ1) is 12.0. The molecule has 0 spiro atoms. The second-order valence-corrected chi connectivity index (χ2v) is 6.41. The smallest absolute Gasteiger partial charge is 0.241 e. The van der Waals surface area contributed by atoms with Crippen molar-refractivity contribution in [3.63, 3.8) is 0 Å². The van der Waals surface area contributed by atoms with Crippen LogP contribution >= 0.6 is 24.0 Å². The van der Waals surface area contributed by atoms with E-state index in [4.69, 9.17) is 4.74 Å². The average molecular weight is 478 g/mol. The zero-order chi connectivity index (χ0) is 18.2. The maximum absolute atomic E-state index is 13.7. The lowest BCUT2D eigenvalue weighted by molar-refractivity contribution is -0.127. The molecule has 0 radical (unpaired) electrons. The minimum absolute atomic E-state index is 0. The van der Waals surface area contributed by atoms with E-state index in [9.17, 15) is 9.18 Å². The van der Waals surface area contributed by atoms with E-state index in [1.54, 1.807) is 27.1 Å². The van der Waals surface area contributed by atoms with Gasteiger partial charge < -0.3 is 20.3 Å². The van der Waals surface area contributed by atoms with Gasteiger partial charge in [0.25, 0.3) is 0 Å². The number of guanidine groups is 1. The molecule has 1 atom stereocenters. The fourth-order valence-electron chi connectivity index (χ4n) is 2.41. The van der Waals surface area contributed by atoms with Crippen LogP contribution in [-0.2, 0) is 16.1 Å². The molecule has 1 unspecified atom stereocenters. The van der Waals surface area contributed by atoms with Gasteiger partial charge in [0, 0.05) is 27.2 Å². The van der Waals surface area contributed by atoms with Crippen LogP contribution in [-0.4, -0.2) is 56.7 Å². The molecule has 1 aromatic carbocycles. The number of nitrogens with zero attached hydrogens (tertiary/aromatic N) is 2. The first kappa shape index (κ1) is 22.6. The Bertz CT molecular complexity index is 619. The Hall–Kier alpha value is -1.42. The number of hydrogen-bond donors (Lipinski definition) is 2. The molecule has 26 heavy (non-hydrogen) atoms. The molecule has 2 N–H and O–H groups in total. The molecule has 0 aliphatic carbocycles. The Morgan fingerprint density at radius 2 is 2.15 bits per heavy atom. The third-order valence-electron chi connectivity index (χ3n) is 4.08. The molecular formula is C18H28FIN4O2.